The molecule has 1 rings (SSSR count). The van der Waals surface area contributed by atoms with Gasteiger partial charge in [-0.1, -0.05) is 0 Å². The molecule has 0 spiro atoms. The molecule has 0 saturated heterocycles. The molecule has 6 heteroatoms. The van der Waals surface area contributed by atoms with E-state index >= 15 is 0 Å². The van der Waals surface area contributed by atoms with Crippen LogP contribution in [-0.4, -0.2) is 32.5 Å². The normalized spacial score (nSPS) is 10.4. The Hall–Kier alpha value is -1.69. The van der Waals surface area contributed by atoms with E-state index < -0.39 is 13.0 Å². The summed E-state index contributed by atoms with van der Waals surface area (Å²) in [5.41, 5.74) is 0.592. The Labute approximate surface area is 98.0 Å². The molecule has 0 saturated carbocycles. The lowest BCUT2D eigenvalue weighted by Gasteiger charge is -2.07. The standard InChI is InChI=1S/C11H14F2N2O2/c1-17-9-4-2-8(3-5-9)15-11(16)7-14-6-10(12)13/h2-5,10,14H,6-7H2,1H3,(H,15,16). The van der Waals surface area contributed by atoms with Crippen LogP contribution in [0.2, 0.25) is 0 Å². The first-order chi connectivity index (χ1) is 8.11. The van der Waals surface area contributed by atoms with Crippen molar-refractivity contribution >= 4 is 11.6 Å². The molecule has 0 heterocycles. The van der Waals surface area contributed by atoms with E-state index in [2.05, 4.69) is 10.6 Å². The summed E-state index contributed by atoms with van der Waals surface area (Å²) in [7, 11) is 1.54. The molecule has 17 heavy (non-hydrogen) atoms. The average molecular weight is 244 g/mol. The lowest BCUT2D eigenvalue weighted by Crippen LogP contribution is -2.31. The van der Waals surface area contributed by atoms with Gasteiger partial charge in [-0.15, -0.1) is 0 Å². The van der Waals surface area contributed by atoms with Crippen molar-refractivity contribution < 1.29 is 18.3 Å². The lowest BCUT2D eigenvalue weighted by molar-refractivity contribution is -0.115. The van der Waals surface area contributed by atoms with E-state index in [9.17, 15) is 13.6 Å². The highest BCUT2D eigenvalue weighted by atomic mass is 19.3. The van der Waals surface area contributed by atoms with Gasteiger partial charge in [0.15, 0.2) is 0 Å². The molecule has 0 atom stereocenters. The Morgan fingerprint density at radius 2 is 2.00 bits per heavy atom. The Morgan fingerprint density at radius 3 is 2.53 bits per heavy atom. The fourth-order valence-corrected chi connectivity index (χ4v) is 1.17. The maximum absolute atomic E-state index is 11.8. The van der Waals surface area contributed by atoms with Gasteiger partial charge in [0.2, 0.25) is 5.91 Å². The molecule has 0 bridgehead atoms. The second-order valence-electron chi connectivity index (χ2n) is 3.30. The fraction of sp³-hybridized carbons (Fsp3) is 0.364. The molecule has 2 N–H and O–H groups in total. The van der Waals surface area contributed by atoms with E-state index in [0.29, 0.717) is 11.4 Å². The summed E-state index contributed by atoms with van der Waals surface area (Å²) in [6, 6.07) is 6.73. The quantitative estimate of drug-likeness (QED) is 0.797. The predicted octanol–water partition coefficient (Wildman–Crippen LogP) is 1.49. The van der Waals surface area contributed by atoms with Crippen molar-refractivity contribution in [2.24, 2.45) is 0 Å². The zero-order valence-electron chi connectivity index (χ0n) is 9.37. The van der Waals surface area contributed by atoms with Crippen molar-refractivity contribution in [3.8, 4) is 5.75 Å². The highest BCUT2D eigenvalue weighted by Crippen LogP contribution is 2.14. The Morgan fingerprint density at radius 1 is 1.35 bits per heavy atom. The van der Waals surface area contributed by atoms with Crippen LogP contribution >= 0.6 is 0 Å². The molecule has 0 aliphatic rings. The van der Waals surface area contributed by atoms with Gasteiger partial charge >= 0.3 is 0 Å². The summed E-state index contributed by atoms with van der Waals surface area (Å²) < 4.78 is 28.5. The van der Waals surface area contributed by atoms with Crippen molar-refractivity contribution in [3.63, 3.8) is 0 Å². The molecule has 1 aromatic rings. The molecular formula is C11H14F2N2O2. The predicted molar refractivity (Wildman–Crippen MR) is 60.5 cm³/mol. The van der Waals surface area contributed by atoms with E-state index in [1.165, 1.54) is 0 Å². The van der Waals surface area contributed by atoms with Crippen molar-refractivity contribution in [3.05, 3.63) is 24.3 Å². The molecule has 4 nitrogen and oxygen atoms in total. The third-order valence-electron chi connectivity index (χ3n) is 1.96. The molecule has 0 aliphatic heterocycles. The van der Waals surface area contributed by atoms with Gasteiger partial charge in [0.1, 0.15) is 5.75 Å². The van der Waals surface area contributed by atoms with Gasteiger partial charge in [-0.05, 0) is 24.3 Å². The van der Waals surface area contributed by atoms with Crippen LogP contribution < -0.4 is 15.4 Å². The number of amides is 1. The number of nitrogens with one attached hydrogen (secondary N) is 2. The summed E-state index contributed by atoms with van der Waals surface area (Å²) in [6.45, 7) is -0.633. The Balaban J connectivity index is 2.34. The Kier molecular flexibility index (Phi) is 5.35. The molecule has 1 aromatic carbocycles. The molecule has 94 valence electrons. The number of anilines is 1. The third kappa shape index (κ3) is 5.26. The van der Waals surface area contributed by atoms with Crippen molar-refractivity contribution in [1.82, 2.24) is 5.32 Å². The summed E-state index contributed by atoms with van der Waals surface area (Å²) >= 11 is 0. The minimum atomic E-state index is -2.45. The first-order valence-corrected chi connectivity index (χ1v) is 5.04. The van der Waals surface area contributed by atoms with E-state index in [-0.39, 0.29) is 12.5 Å². The van der Waals surface area contributed by atoms with Crippen LogP contribution in [-0.2, 0) is 4.79 Å². The van der Waals surface area contributed by atoms with Crippen molar-refractivity contribution in [1.29, 1.82) is 0 Å². The van der Waals surface area contributed by atoms with Crippen LogP contribution in [0.4, 0.5) is 14.5 Å². The van der Waals surface area contributed by atoms with Crippen LogP contribution in [0.15, 0.2) is 24.3 Å². The summed E-state index contributed by atoms with van der Waals surface area (Å²) in [5.74, 6) is 0.314. The summed E-state index contributed by atoms with van der Waals surface area (Å²) in [6.07, 6.45) is -2.45. The molecular weight excluding hydrogens is 230 g/mol. The van der Waals surface area contributed by atoms with E-state index in [4.69, 9.17) is 4.74 Å². The second-order valence-corrected chi connectivity index (χ2v) is 3.30. The second kappa shape index (κ2) is 6.80. The monoisotopic (exact) mass is 244 g/mol. The van der Waals surface area contributed by atoms with E-state index in [1.807, 2.05) is 0 Å². The van der Waals surface area contributed by atoms with Gasteiger partial charge < -0.3 is 15.4 Å². The van der Waals surface area contributed by atoms with Gasteiger partial charge in [-0.2, -0.15) is 0 Å². The number of halogens is 2. The first kappa shape index (κ1) is 13.4. The summed E-state index contributed by atoms with van der Waals surface area (Å²) in [4.78, 5) is 11.3. The smallest absolute Gasteiger partial charge is 0.250 e. The number of hydrogen-bond donors (Lipinski definition) is 2. The minimum absolute atomic E-state index is 0.142. The van der Waals surface area contributed by atoms with E-state index in [0.717, 1.165) is 0 Å². The van der Waals surface area contributed by atoms with Crippen LogP contribution in [0.1, 0.15) is 0 Å². The van der Waals surface area contributed by atoms with Crippen molar-refractivity contribution in [2.75, 3.05) is 25.5 Å². The minimum Gasteiger partial charge on any atom is -0.497 e. The molecule has 0 fully saturated rings. The van der Waals surface area contributed by atoms with Gasteiger partial charge in [0.05, 0.1) is 20.2 Å². The first-order valence-electron chi connectivity index (χ1n) is 5.04. The van der Waals surface area contributed by atoms with Crippen molar-refractivity contribution in [2.45, 2.75) is 6.43 Å². The zero-order valence-corrected chi connectivity index (χ0v) is 9.37. The molecule has 0 radical (unpaired) electrons. The fourth-order valence-electron chi connectivity index (χ4n) is 1.17. The van der Waals surface area contributed by atoms with Gasteiger partial charge in [-0.3, -0.25) is 4.79 Å². The zero-order chi connectivity index (χ0) is 12.7. The maximum atomic E-state index is 11.8. The highest BCUT2D eigenvalue weighted by Gasteiger charge is 2.05. The van der Waals surface area contributed by atoms with Gasteiger partial charge in [0, 0.05) is 5.69 Å². The molecule has 0 unspecified atom stereocenters. The van der Waals surface area contributed by atoms with Crippen LogP contribution in [0, 0.1) is 0 Å². The SMILES string of the molecule is COc1ccc(NC(=O)CNCC(F)F)cc1. The summed E-state index contributed by atoms with van der Waals surface area (Å²) in [5, 5.41) is 4.91. The van der Waals surface area contributed by atoms with Crippen LogP contribution in [0.3, 0.4) is 0 Å². The number of benzene rings is 1. The largest absolute Gasteiger partial charge is 0.497 e. The molecule has 1 amide bonds. The number of hydrogen-bond acceptors (Lipinski definition) is 3. The molecule has 0 aliphatic carbocycles. The van der Waals surface area contributed by atoms with E-state index in [1.54, 1.807) is 31.4 Å². The maximum Gasteiger partial charge on any atom is 0.250 e. The van der Waals surface area contributed by atoms with Gasteiger partial charge in [-0.25, -0.2) is 8.78 Å². The third-order valence-corrected chi connectivity index (χ3v) is 1.96. The Bertz CT molecular complexity index is 355. The number of carbonyl (C=O) groups is 1. The number of methoxy groups -OCH3 is 1. The molecule has 0 aromatic heterocycles. The average Bonchev–Trinajstić information content (AvgIpc) is 2.29. The topological polar surface area (TPSA) is 50.4 Å². The number of alkyl halides is 2. The number of rotatable bonds is 6. The highest BCUT2D eigenvalue weighted by molar-refractivity contribution is 5.92. The van der Waals surface area contributed by atoms with Crippen LogP contribution in [0.5, 0.6) is 5.75 Å². The van der Waals surface area contributed by atoms with Crippen LogP contribution in [0.25, 0.3) is 0 Å². The number of ether oxygens (including phenoxy) is 1. The lowest BCUT2D eigenvalue weighted by atomic mass is 10.3. The van der Waals surface area contributed by atoms with Gasteiger partial charge in [0.25, 0.3) is 6.43 Å². The number of carbonyl (C=O) groups excluding carboxylic acids is 1.